The zero-order chi connectivity index (χ0) is 12.6. The minimum atomic E-state index is 0.794. The number of methoxy groups -OCH3 is 1. The maximum atomic E-state index is 5.02. The number of benzene rings is 1. The van der Waals surface area contributed by atoms with Gasteiger partial charge < -0.3 is 10.1 Å². The molecule has 0 radical (unpaired) electrons. The summed E-state index contributed by atoms with van der Waals surface area (Å²) in [6, 6.07) is 8.85. The van der Waals surface area contributed by atoms with Crippen molar-refractivity contribution in [1.29, 1.82) is 0 Å². The average molecular weight is 248 g/mol. The van der Waals surface area contributed by atoms with E-state index in [1.807, 2.05) is 0 Å². The van der Waals surface area contributed by atoms with Crippen LogP contribution < -0.4 is 5.32 Å². The highest BCUT2D eigenvalue weighted by Crippen LogP contribution is 2.17. The molecule has 3 heteroatoms. The molecule has 0 saturated heterocycles. The van der Waals surface area contributed by atoms with E-state index in [1.165, 1.54) is 30.5 Å². The molecule has 0 unspecified atom stereocenters. The van der Waals surface area contributed by atoms with E-state index >= 15 is 0 Å². The summed E-state index contributed by atoms with van der Waals surface area (Å²) in [4.78, 5) is 2.55. The van der Waals surface area contributed by atoms with Gasteiger partial charge in [0.2, 0.25) is 0 Å². The first kappa shape index (κ1) is 13.5. The van der Waals surface area contributed by atoms with Gasteiger partial charge in [-0.05, 0) is 30.5 Å². The van der Waals surface area contributed by atoms with Crippen LogP contribution in [0.5, 0.6) is 0 Å². The third kappa shape index (κ3) is 4.09. The van der Waals surface area contributed by atoms with Gasteiger partial charge in [0.15, 0.2) is 0 Å². The van der Waals surface area contributed by atoms with Crippen LogP contribution in [-0.4, -0.2) is 44.8 Å². The first-order valence-electron chi connectivity index (χ1n) is 6.89. The van der Waals surface area contributed by atoms with E-state index in [-0.39, 0.29) is 0 Å². The minimum absolute atomic E-state index is 0.794. The van der Waals surface area contributed by atoms with Crippen LogP contribution >= 0.6 is 0 Å². The molecule has 1 aromatic carbocycles. The van der Waals surface area contributed by atoms with Gasteiger partial charge in [-0.15, -0.1) is 0 Å². The van der Waals surface area contributed by atoms with E-state index in [0.29, 0.717) is 0 Å². The number of ether oxygens (including phenoxy) is 1. The van der Waals surface area contributed by atoms with Gasteiger partial charge in [0.05, 0.1) is 6.61 Å². The van der Waals surface area contributed by atoms with Gasteiger partial charge >= 0.3 is 0 Å². The lowest BCUT2D eigenvalue weighted by molar-refractivity contribution is 0.196. The molecular formula is C15H24N2O. The normalized spacial score (nSPS) is 16.3. The molecule has 100 valence electrons. The van der Waals surface area contributed by atoms with E-state index in [9.17, 15) is 0 Å². The molecule has 0 spiro atoms. The van der Waals surface area contributed by atoms with Crippen LogP contribution in [0.15, 0.2) is 24.3 Å². The second-order valence-corrected chi connectivity index (χ2v) is 4.89. The number of hydrogen-bond donors (Lipinski definition) is 1. The molecule has 0 fully saturated rings. The molecule has 0 bridgehead atoms. The van der Waals surface area contributed by atoms with E-state index < -0.39 is 0 Å². The van der Waals surface area contributed by atoms with Crippen molar-refractivity contribution in [2.45, 2.75) is 19.4 Å². The molecule has 18 heavy (non-hydrogen) atoms. The fourth-order valence-corrected chi connectivity index (χ4v) is 2.50. The van der Waals surface area contributed by atoms with Gasteiger partial charge in [-0.25, -0.2) is 0 Å². The summed E-state index contributed by atoms with van der Waals surface area (Å²) in [5.41, 5.74) is 3.04. The predicted octanol–water partition coefficient (Wildman–Crippen LogP) is 1.67. The van der Waals surface area contributed by atoms with Crippen molar-refractivity contribution < 1.29 is 4.74 Å². The number of hydrogen-bond acceptors (Lipinski definition) is 3. The quantitative estimate of drug-likeness (QED) is 0.775. The van der Waals surface area contributed by atoms with Gasteiger partial charge in [-0.3, -0.25) is 4.90 Å². The van der Waals surface area contributed by atoms with Crippen molar-refractivity contribution in [1.82, 2.24) is 10.2 Å². The van der Waals surface area contributed by atoms with E-state index in [2.05, 4.69) is 34.5 Å². The van der Waals surface area contributed by atoms with Crippen LogP contribution in [0.1, 0.15) is 17.5 Å². The van der Waals surface area contributed by atoms with E-state index in [4.69, 9.17) is 4.74 Å². The maximum Gasteiger partial charge on any atom is 0.0587 e. The molecule has 3 nitrogen and oxygen atoms in total. The van der Waals surface area contributed by atoms with E-state index in [1.54, 1.807) is 7.11 Å². The van der Waals surface area contributed by atoms with Gasteiger partial charge in [-0.2, -0.15) is 0 Å². The van der Waals surface area contributed by atoms with Crippen LogP contribution in [0.2, 0.25) is 0 Å². The number of nitrogens with zero attached hydrogens (tertiary/aromatic N) is 1. The number of rotatable bonds is 6. The Labute approximate surface area is 110 Å². The standard InChI is InChI=1S/C15H24N2O/c1-18-12-9-16-8-11-17-10-4-7-14-5-2-3-6-15(14)13-17/h2-3,5-6,16H,4,7-13H2,1H3. The molecule has 1 aliphatic rings. The minimum Gasteiger partial charge on any atom is -0.383 e. The highest BCUT2D eigenvalue weighted by atomic mass is 16.5. The highest BCUT2D eigenvalue weighted by Gasteiger charge is 2.12. The molecule has 0 amide bonds. The van der Waals surface area contributed by atoms with Crippen LogP contribution in [0.25, 0.3) is 0 Å². The smallest absolute Gasteiger partial charge is 0.0587 e. The first-order valence-corrected chi connectivity index (χ1v) is 6.89. The molecule has 1 N–H and O–H groups in total. The molecule has 0 saturated carbocycles. The molecule has 1 aromatic rings. The molecule has 2 rings (SSSR count). The lowest BCUT2D eigenvalue weighted by atomic mass is 10.0. The first-order chi connectivity index (χ1) is 8.90. The van der Waals surface area contributed by atoms with Crippen LogP contribution in [0, 0.1) is 0 Å². The van der Waals surface area contributed by atoms with E-state index in [0.717, 1.165) is 32.8 Å². The summed E-state index contributed by atoms with van der Waals surface area (Å²) in [6.45, 7) is 6.22. The average Bonchev–Trinajstić information content (AvgIpc) is 2.60. The summed E-state index contributed by atoms with van der Waals surface area (Å²) >= 11 is 0. The molecule has 0 atom stereocenters. The molecular weight excluding hydrogens is 224 g/mol. The number of aryl methyl sites for hydroxylation is 1. The Morgan fingerprint density at radius 2 is 2.06 bits per heavy atom. The fourth-order valence-electron chi connectivity index (χ4n) is 2.50. The van der Waals surface area contributed by atoms with Gasteiger partial charge in [-0.1, -0.05) is 24.3 Å². The Morgan fingerprint density at radius 3 is 2.89 bits per heavy atom. The van der Waals surface area contributed by atoms with Crippen LogP contribution in [-0.2, 0) is 17.7 Å². The summed E-state index contributed by atoms with van der Waals surface area (Å²) in [5.74, 6) is 0. The van der Waals surface area contributed by atoms with Gasteiger partial charge in [0.25, 0.3) is 0 Å². The largest absolute Gasteiger partial charge is 0.383 e. The number of fused-ring (bicyclic) bond motifs is 1. The van der Waals surface area contributed by atoms with Crippen molar-refractivity contribution in [3.05, 3.63) is 35.4 Å². The Kier molecular flexibility index (Phi) is 5.65. The monoisotopic (exact) mass is 248 g/mol. The van der Waals surface area contributed by atoms with Crippen molar-refractivity contribution in [3.63, 3.8) is 0 Å². The number of nitrogens with one attached hydrogen (secondary N) is 1. The highest BCUT2D eigenvalue weighted by molar-refractivity contribution is 5.27. The summed E-state index contributed by atoms with van der Waals surface area (Å²) in [5, 5.41) is 3.41. The Hall–Kier alpha value is -0.900. The van der Waals surface area contributed by atoms with Gasteiger partial charge in [0.1, 0.15) is 0 Å². The molecule has 0 aliphatic carbocycles. The Morgan fingerprint density at radius 1 is 1.22 bits per heavy atom. The zero-order valence-electron chi connectivity index (χ0n) is 11.3. The van der Waals surface area contributed by atoms with Gasteiger partial charge in [0, 0.05) is 33.3 Å². The maximum absolute atomic E-state index is 5.02. The third-order valence-electron chi connectivity index (χ3n) is 3.52. The fraction of sp³-hybridized carbons (Fsp3) is 0.600. The lowest BCUT2D eigenvalue weighted by Gasteiger charge is -2.20. The van der Waals surface area contributed by atoms with Crippen LogP contribution in [0.4, 0.5) is 0 Å². The van der Waals surface area contributed by atoms with Crippen LogP contribution in [0.3, 0.4) is 0 Å². The Balaban J connectivity index is 1.77. The molecule has 1 heterocycles. The Bertz CT molecular complexity index is 354. The SMILES string of the molecule is COCCNCCN1CCCc2ccccc2C1. The molecule has 0 aromatic heterocycles. The second-order valence-electron chi connectivity index (χ2n) is 4.89. The summed E-state index contributed by atoms with van der Waals surface area (Å²) in [7, 11) is 1.74. The lowest BCUT2D eigenvalue weighted by Crippen LogP contribution is -2.33. The second kappa shape index (κ2) is 7.52. The van der Waals surface area contributed by atoms with Crippen molar-refractivity contribution in [2.24, 2.45) is 0 Å². The topological polar surface area (TPSA) is 24.5 Å². The van der Waals surface area contributed by atoms with Crippen molar-refractivity contribution >= 4 is 0 Å². The van der Waals surface area contributed by atoms with Crippen molar-refractivity contribution in [3.8, 4) is 0 Å². The third-order valence-corrected chi connectivity index (χ3v) is 3.52. The summed E-state index contributed by atoms with van der Waals surface area (Å²) in [6.07, 6.45) is 2.50. The zero-order valence-corrected chi connectivity index (χ0v) is 11.3. The van der Waals surface area contributed by atoms with Crippen molar-refractivity contribution in [2.75, 3.05) is 39.9 Å². The predicted molar refractivity (Wildman–Crippen MR) is 74.8 cm³/mol. The molecule has 1 aliphatic heterocycles. The summed E-state index contributed by atoms with van der Waals surface area (Å²) < 4.78 is 5.02.